The Labute approximate surface area is 71.1 Å². The second-order valence-corrected chi connectivity index (χ2v) is 2.51. The van der Waals surface area contributed by atoms with Crippen molar-refractivity contribution in [3.8, 4) is 0 Å². The minimum absolute atomic E-state index is 0.0748. The highest BCUT2D eigenvalue weighted by Gasteiger charge is 2.23. The van der Waals surface area contributed by atoms with E-state index in [1.165, 1.54) is 7.11 Å². The molecule has 0 bridgehead atoms. The minimum atomic E-state index is -1.01. The zero-order valence-corrected chi connectivity index (χ0v) is 7.01. The largest absolute Gasteiger partial charge is 0.395 e. The predicted molar refractivity (Wildman–Crippen MR) is 42.5 cm³/mol. The van der Waals surface area contributed by atoms with Crippen molar-refractivity contribution in [3.63, 3.8) is 0 Å². The lowest BCUT2D eigenvalue weighted by Crippen LogP contribution is -2.46. The number of aldehydes is 1. The molecular weight excluding hydrogens is 162 g/mol. The third-order valence-corrected chi connectivity index (χ3v) is 1.66. The van der Waals surface area contributed by atoms with Crippen LogP contribution in [0.1, 0.15) is 6.42 Å². The monoisotopic (exact) mass is 177 g/mol. The van der Waals surface area contributed by atoms with E-state index in [-0.39, 0.29) is 13.0 Å². The van der Waals surface area contributed by atoms with Gasteiger partial charge in [0.1, 0.15) is 6.29 Å². The van der Waals surface area contributed by atoms with Gasteiger partial charge in [-0.15, -0.1) is 0 Å². The molecule has 0 aliphatic carbocycles. The van der Waals surface area contributed by atoms with Gasteiger partial charge in [-0.25, -0.2) is 0 Å². The fraction of sp³-hybridized carbons (Fsp3) is 0.857. The molecule has 0 unspecified atom stereocenters. The van der Waals surface area contributed by atoms with Crippen LogP contribution in [0.4, 0.5) is 0 Å². The fourth-order valence-corrected chi connectivity index (χ4v) is 0.854. The summed E-state index contributed by atoms with van der Waals surface area (Å²) in [6.07, 6.45) is -0.929. The highest BCUT2D eigenvalue weighted by molar-refractivity contribution is 5.50. The molecule has 0 aromatic carbocycles. The first kappa shape index (κ1) is 11.5. The molecule has 0 saturated carbocycles. The van der Waals surface area contributed by atoms with E-state index in [1.807, 2.05) is 0 Å². The lowest BCUT2D eigenvalue weighted by atomic mass is 10.0. The van der Waals surface area contributed by atoms with Gasteiger partial charge in [0.25, 0.3) is 0 Å². The van der Waals surface area contributed by atoms with Crippen molar-refractivity contribution in [3.05, 3.63) is 0 Å². The Morgan fingerprint density at radius 2 is 2.25 bits per heavy atom. The van der Waals surface area contributed by atoms with E-state index in [9.17, 15) is 9.90 Å². The molecule has 0 fully saturated rings. The first-order chi connectivity index (χ1) is 5.67. The van der Waals surface area contributed by atoms with Crippen molar-refractivity contribution in [1.82, 2.24) is 0 Å². The third kappa shape index (κ3) is 3.27. The van der Waals surface area contributed by atoms with Gasteiger partial charge in [-0.05, 0) is 0 Å². The van der Waals surface area contributed by atoms with Gasteiger partial charge in [0.05, 0.1) is 24.9 Å². The summed E-state index contributed by atoms with van der Waals surface area (Å²) < 4.78 is 4.80. The van der Waals surface area contributed by atoms with Gasteiger partial charge in [-0.2, -0.15) is 0 Å². The molecule has 4 N–H and O–H groups in total. The Balaban J connectivity index is 3.99. The number of methoxy groups -OCH3 is 1. The summed E-state index contributed by atoms with van der Waals surface area (Å²) in [4.78, 5) is 10.1. The van der Waals surface area contributed by atoms with Crippen LogP contribution in [0, 0.1) is 0 Å². The van der Waals surface area contributed by atoms with Crippen LogP contribution in [0.3, 0.4) is 0 Å². The fourth-order valence-electron chi connectivity index (χ4n) is 0.854. The van der Waals surface area contributed by atoms with E-state index >= 15 is 0 Å². The zero-order chi connectivity index (χ0) is 9.56. The summed E-state index contributed by atoms with van der Waals surface area (Å²) in [6, 6.07) is -0.769. The van der Waals surface area contributed by atoms with Gasteiger partial charge in [0, 0.05) is 13.5 Å². The number of hydrogen-bond acceptors (Lipinski definition) is 5. The van der Waals surface area contributed by atoms with Crippen LogP contribution < -0.4 is 5.73 Å². The number of nitrogens with two attached hydrogens (primary N) is 1. The number of carbonyl (C=O) groups is 1. The van der Waals surface area contributed by atoms with Crippen LogP contribution in [0.25, 0.3) is 0 Å². The van der Waals surface area contributed by atoms with Gasteiger partial charge in [0.2, 0.25) is 0 Å². The molecule has 72 valence electrons. The Hall–Kier alpha value is -0.490. The lowest BCUT2D eigenvalue weighted by Gasteiger charge is -2.23. The normalized spacial score (nSPS) is 18.3. The Bertz CT molecular complexity index is 131. The van der Waals surface area contributed by atoms with Crippen molar-refractivity contribution in [2.24, 2.45) is 5.73 Å². The molecule has 0 heterocycles. The van der Waals surface area contributed by atoms with Crippen molar-refractivity contribution >= 4 is 6.29 Å². The molecule has 0 radical (unpaired) electrons. The van der Waals surface area contributed by atoms with Crippen molar-refractivity contribution < 1.29 is 19.7 Å². The molecule has 5 nitrogen and oxygen atoms in total. The van der Waals surface area contributed by atoms with E-state index in [0.29, 0.717) is 6.29 Å². The molecule has 5 heteroatoms. The maximum atomic E-state index is 10.1. The first-order valence-corrected chi connectivity index (χ1v) is 3.68. The third-order valence-electron chi connectivity index (χ3n) is 1.66. The van der Waals surface area contributed by atoms with Gasteiger partial charge in [0.15, 0.2) is 0 Å². The summed E-state index contributed by atoms with van der Waals surface area (Å²) in [5.41, 5.74) is 5.33. The summed E-state index contributed by atoms with van der Waals surface area (Å²) >= 11 is 0. The molecule has 0 aliphatic heterocycles. The summed E-state index contributed by atoms with van der Waals surface area (Å²) in [5.74, 6) is 0. The minimum Gasteiger partial charge on any atom is -0.395 e. The molecule has 0 aliphatic rings. The number of aliphatic hydroxyl groups excluding tert-OH is 2. The highest BCUT2D eigenvalue weighted by atomic mass is 16.5. The van der Waals surface area contributed by atoms with Crippen LogP contribution >= 0.6 is 0 Å². The van der Waals surface area contributed by atoms with E-state index in [2.05, 4.69) is 0 Å². The lowest BCUT2D eigenvalue weighted by molar-refractivity contribution is -0.113. The van der Waals surface area contributed by atoms with Crippen LogP contribution in [0.15, 0.2) is 0 Å². The number of ether oxygens (including phenoxy) is 1. The molecule has 0 aromatic heterocycles. The number of hydrogen-bond donors (Lipinski definition) is 3. The predicted octanol–water partition coefficient (Wildman–Crippen LogP) is -1.73. The molecule has 12 heavy (non-hydrogen) atoms. The second-order valence-electron chi connectivity index (χ2n) is 2.51. The zero-order valence-electron chi connectivity index (χ0n) is 7.01. The van der Waals surface area contributed by atoms with Crippen LogP contribution in [0.2, 0.25) is 0 Å². The molecule has 0 aromatic rings. The summed E-state index contributed by atoms with van der Waals surface area (Å²) in [5, 5.41) is 17.9. The van der Waals surface area contributed by atoms with Gasteiger partial charge in [-0.1, -0.05) is 0 Å². The van der Waals surface area contributed by atoms with Crippen LogP contribution in [0.5, 0.6) is 0 Å². The molecule has 0 rings (SSSR count). The standard InChI is InChI=1S/C7H15NO4/c1-12-6(2-3-9)7(11)5(8)4-10/h3,5-7,10-11H,2,4,8H2,1H3/t5-,6+,7+/m0/s1. The molecular formula is C7H15NO4. The molecule has 0 saturated heterocycles. The van der Waals surface area contributed by atoms with E-state index in [1.54, 1.807) is 0 Å². The van der Waals surface area contributed by atoms with Crippen molar-refractivity contribution in [2.75, 3.05) is 13.7 Å². The average molecular weight is 177 g/mol. The maximum Gasteiger partial charge on any atom is 0.122 e. The van der Waals surface area contributed by atoms with Crippen LogP contribution in [-0.4, -0.2) is 48.5 Å². The Morgan fingerprint density at radius 3 is 2.58 bits per heavy atom. The van der Waals surface area contributed by atoms with Gasteiger partial charge < -0.3 is 25.5 Å². The number of aliphatic hydroxyl groups is 2. The summed E-state index contributed by atoms with van der Waals surface area (Å²) in [6.45, 7) is -0.333. The van der Waals surface area contributed by atoms with E-state index in [4.69, 9.17) is 15.6 Å². The molecule has 3 atom stereocenters. The number of rotatable bonds is 6. The van der Waals surface area contributed by atoms with Gasteiger partial charge >= 0.3 is 0 Å². The smallest absolute Gasteiger partial charge is 0.122 e. The SMILES string of the molecule is CO[C@H](CC=O)[C@H](O)[C@@H](N)CO. The van der Waals surface area contributed by atoms with Crippen molar-refractivity contribution in [1.29, 1.82) is 0 Å². The number of carbonyl (C=O) groups excluding carboxylic acids is 1. The maximum absolute atomic E-state index is 10.1. The highest BCUT2D eigenvalue weighted by Crippen LogP contribution is 2.04. The van der Waals surface area contributed by atoms with Gasteiger partial charge in [-0.3, -0.25) is 0 Å². The average Bonchev–Trinajstić information content (AvgIpc) is 2.11. The second kappa shape index (κ2) is 6.07. The Morgan fingerprint density at radius 1 is 1.67 bits per heavy atom. The topological polar surface area (TPSA) is 92.8 Å². The van der Waals surface area contributed by atoms with Crippen LogP contribution in [-0.2, 0) is 9.53 Å². The molecule has 0 spiro atoms. The summed E-state index contributed by atoms with van der Waals surface area (Å²) in [7, 11) is 1.38. The van der Waals surface area contributed by atoms with E-state index < -0.39 is 18.2 Å². The van der Waals surface area contributed by atoms with E-state index in [0.717, 1.165) is 0 Å². The first-order valence-electron chi connectivity index (χ1n) is 3.68. The Kier molecular flexibility index (Phi) is 5.83. The van der Waals surface area contributed by atoms with Crippen molar-refractivity contribution in [2.45, 2.75) is 24.7 Å². The quantitative estimate of drug-likeness (QED) is 0.419. The molecule has 0 amide bonds.